The normalized spacial score (nSPS) is 32.3. The third kappa shape index (κ3) is 3.55. The molecule has 2 saturated carbocycles. The first-order chi connectivity index (χ1) is 13.9. The van der Waals surface area contributed by atoms with Crippen LogP contribution in [-0.4, -0.2) is 19.4 Å². The average Bonchev–Trinajstić information content (AvgIpc) is 2.96. The summed E-state index contributed by atoms with van der Waals surface area (Å²) in [7, 11) is -1.83. The van der Waals surface area contributed by atoms with Gasteiger partial charge in [0.05, 0.1) is 0 Å². The van der Waals surface area contributed by atoms with Crippen molar-refractivity contribution in [1.82, 2.24) is 0 Å². The van der Waals surface area contributed by atoms with E-state index in [2.05, 4.69) is 59.0 Å². The lowest BCUT2D eigenvalue weighted by Gasteiger charge is -2.49. The van der Waals surface area contributed by atoms with E-state index in [1.54, 1.807) is 0 Å². The Morgan fingerprint density at radius 2 is 1.93 bits per heavy atom. The molecule has 0 radical (unpaired) electrons. The molecule has 0 bridgehead atoms. The zero-order valence-corrected chi connectivity index (χ0v) is 20.5. The molecule has 164 valence electrons. The van der Waals surface area contributed by atoms with Gasteiger partial charge in [-0.3, -0.25) is 0 Å². The van der Waals surface area contributed by atoms with Gasteiger partial charge in [0, 0.05) is 6.08 Å². The van der Waals surface area contributed by atoms with Gasteiger partial charge in [0.15, 0.2) is 0 Å². The van der Waals surface area contributed by atoms with E-state index < -0.39 is 14.3 Å². The number of aliphatic carboxylic acids is 1. The molecule has 30 heavy (non-hydrogen) atoms. The molecule has 1 N–H and O–H groups in total. The average molecular weight is 427 g/mol. The summed E-state index contributed by atoms with van der Waals surface area (Å²) in [6.45, 7) is 13.8. The molecule has 3 aliphatic carbocycles. The van der Waals surface area contributed by atoms with E-state index in [9.17, 15) is 9.90 Å². The lowest BCUT2D eigenvalue weighted by Crippen LogP contribution is -2.44. The zero-order chi connectivity index (χ0) is 21.9. The maximum absolute atomic E-state index is 11.3. The molecule has 0 aliphatic heterocycles. The van der Waals surface area contributed by atoms with Crippen molar-refractivity contribution >= 4 is 14.3 Å². The molecular weight excluding hydrogens is 388 g/mol. The molecule has 4 atom stereocenters. The summed E-state index contributed by atoms with van der Waals surface area (Å²) in [6.07, 6.45) is 8.25. The Kier molecular flexibility index (Phi) is 5.24. The molecule has 2 fully saturated rings. The quantitative estimate of drug-likeness (QED) is 0.421. The number of carboxylic acids is 1. The highest BCUT2D eigenvalue weighted by Gasteiger charge is 2.52. The second-order valence-electron chi connectivity index (χ2n) is 11.6. The van der Waals surface area contributed by atoms with E-state index in [0.717, 1.165) is 31.4 Å². The Morgan fingerprint density at radius 1 is 1.20 bits per heavy atom. The fourth-order valence-corrected chi connectivity index (χ4v) is 7.33. The first-order valence-electron chi connectivity index (χ1n) is 11.7. The van der Waals surface area contributed by atoms with Crippen LogP contribution in [0.5, 0.6) is 5.75 Å². The summed E-state index contributed by atoms with van der Waals surface area (Å²) in [4.78, 5) is 11.3. The topological polar surface area (TPSA) is 46.5 Å². The summed E-state index contributed by atoms with van der Waals surface area (Å²) in [5.41, 5.74) is 4.28. The number of hydrogen-bond acceptors (Lipinski definition) is 2. The van der Waals surface area contributed by atoms with Gasteiger partial charge in [0.25, 0.3) is 0 Å². The summed E-state index contributed by atoms with van der Waals surface area (Å²) in [5, 5.41) is 9.51. The number of hydrogen-bond donors (Lipinski definition) is 1. The molecule has 4 heteroatoms. The molecule has 0 amide bonds. The number of carboxylic acid groups (broad SMARTS) is 1. The second kappa shape index (κ2) is 7.25. The number of allylic oxidation sites excluding steroid dienone is 1. The molecule has 4 rings (SSSR count). The minimum absolute atomic E-state index is 0.0858. The minimum Gasteiger partial charge on any atom is -0.543 e. The van der Waals surface area contributed by atoms with Gasteiger partial charge in [0.2, 0.25) is 8.32 Å². The van der Waals surface area contributed by atoms with Crippen LogP contribution in [0.15, 0.2) is 29.8 Å². The summed E-state index contributed by atoms with van der Waals surface area (Å²) in [5.74, 6) is 2.20. The summed E-state index contributed by atoms with van der Waals surface area (Å²) in [6, 6.07) is 6.88. The van der Waals surface area contributed by atoms with Crippen LogP contribution in [0.25, 0.3) is 0 Å². The van der Waals surface area contributed by atoms with Gasteiger partial charge in [-0.1, -0.05) is 39.3 Å². The van der Waals surface area contributed by atoms with Crippen LogP contribution in [0, 0.1) is 17.3 Å². The van der Waals surface area contributed by atoms with Gasteiger partial charge >= 0.3 is 5.97 Å². The van der Waals surface area contributed by atoms with Crippen LogP contribution in [0.1, 0.15) is 76.8 Å². The maximum atomic E-state index is 11.3. The number of benzene rings is 1. The highest BCUT2D eigenvalue weighted by molar-refractivity contribution is 6.74. The number of fused-ring (bicyclic) bond motifs is 5. The van der Waals surface area contributed by atoms with Crippen LogP contribution in [0.4, 0.5) is 0 Å². The van der Waals surface area contributed by atoms with Gasteiger partial charge in [-0.2, -0.15) is 0 Å². The number of carbonyl (C=O) groups is 1. The Hall–Kier alpha value is -1.55. The fourth-order valence-electron chi connectivity index (χ4n) is 6.30. The molecule has 1 aromatic rings. The molecular formula is C26H38O3Si. The van der Waals surface area contributed by atoms with Crippen LogP contribution >= 0.6 is 0 Å². The smallest absolute Gasteiger partial charge is 0.328 e. The minimum atomic E-state index is -1.83. The molecule has 0 saturated heterocycles. The largest absolute Gasteiger partial charge is 0.543 e. The van der Waals surface area contributed by atoms with Crippen molar-refractivity contribution in [3.63, 3.8) is 0 Å². The Morgan fingerprint density at radius 3 is 2.60 bits per heavy atom. The highest BCUT2D eigenvalue weighted by Crippen LogP contribution is 2.62. The third-order valence-electron chi connectivity index (χ3n) is 9.02. The van der Waals surface area contributed by atoms with Gasteiger partial charge in [-0.15, -0.1) is 0 Å². The first-order valence-corrected chi connectivity index (χ1v) is 14.6. The van der Waals surface area contributed by atoms with E-state index >= 15 is 0 Å². The van der Waals surface area contributed by atoms with Gasteiger partial charge in [0.1, 0.15) is 5.75 Å². The van der Waals surface area contributed by atoms with Crippen LogP contribution < -0.4 is 4.43 Å². The SMILES string of the molecule is CC(C)(C)[Si](C)(C)Oc1ccc2c(c1)CC[C@@H]1[C@@H]2CC[C@]2(C)/C(=C\C(=O)O)CC[C@@H]12. The lowest BCUT2D eigenvalue weighted by molar-refractivity contribution is -0.131. The van der Waals surface area contributed by atoms with Crippen molar-refractivity contribution in [2.24, 2.45) is 17.3 Å². The molecule has 0 aromatic heterocycles. The van der Waals surface area contributed by atoms with Gasteiger partial charge in [-0.25, -0.2) is 4.79 Å². The monoisotopic (exact) mass is 426 g/mol. The third-order valence-corrected chi connectivity index (χ3v) is 13.4. The molecule has 3 aliphatic rings. The van der Waals surface area contributed by atoms with Crippen LogP contribution in [-0.2, 0) is 11.2 Å². The fraction of sp³-hybridized carbons (Fsp3) is 0.654. The first kappa shape index (κ1) is 21.7. The second-order valence-corrected chi connectivity index (χ2v) is 16.4. The van der Waals surface area contributed by atoms with E-state index in [-0.39, 0.29) is 10.5 Å². The number of rotatable bonds is 3. The van der Waals surface area contributed by atoms with E-state index in [4.69, 9.17) is 4.43 Å². The maximum Gasteiger partial charge on any atom is 0.328 e. The van der Waals surface area contributed by atoms with Crippen molar-refractivity contribution in [3.8, 4) is 5.75 Å². The summed E-state index contributed by atoms with van der Waals surface area (Å²) >= 11 is 0. The molecule has 0 spiro atoms. The van der Waals surface area contributed by atoms with Crippen molar-refractivity contribution in [1.29, 1.82) is 0 Å². The molecule has 0 unspecified atom stereocenters. The zero-order valence-electron chi connectivity index (χ0n) is 19.5. The lowest BCUT2D eigenvalue weighted by atomic mass is 9.55. The van der Waals surface area contributed by atoms with Crippen molar-refractivity contribution in [2.45, 2.75) is 90.3 Å². The van der Waals surface area contributed by atoms with Gasteiger partial charge < -0.3 is 9.53 Å². The molecule has 0 heterocycles. The Balaban J connectivity index is 1.58. The predicted octanol–water partition coefficient (Wildman–Crippen LogP) is 6.94. The highest BCUT2D eigenvalue weighted by atomic mass is 28.4. The van der Waals surface area contributed by atoms with Crippen LogP contribution in [0.2, 0.25) is 18.1 Å². The van der Waals surface area contributed by atoms with Crippen molar-refractivity contribution in [2.75, 3.05) is 0 Å². The van der Waals surface area contributed by atoms with E-state index in [0.29, 0.717) is 17.8 Å². The Bertz CT molecular complexity index is 879. The van der Waals surface area contributed by atoms with Crippen molar-refractivity contribution in [3.05, 3.63) is 41.0 Å². The molecule has 3 nitrogen and oxygen atoms in total. The van der Waals surface area contributed by atoms with Gasteiger partial charge in [-0.05, 0) is 103 Å². The van der Waals surface area contributed by atoms with Crippen LogP contribution in [0.3, 0.4) is 0 Å². The summed E-state index contributed by atoms with van der Waals surface area (Å²) < 4.78 is 6.58. The number of aryl methyl sites for hydroxylation is 1. The predicted molar refractivity (Wildman–Crippen MR) is 125 cm³/mol. The van der Waals surface area contributed by atoms with E-state index in [1.807, 2.05) is 0 Å². The Labute approximate surface area is 183 Å². The molecule has 1 aromatic carbocycles. The standard InChI is InChI=1S/C26H38O3Si/c1-25(2,3)30(5,6)29-19-9-11-20-17(15-19)7-10-22-21(20)13-14-26(4)18(16-24(27)28)8-12-23(22)26/h9,11,15-16,21-23H,7-8,10,12-14H2,1-6H3,(H,27,28)/b18-16-/t21-,22-,23+,26-/m1/s1. The van der Waals surface area contributed by atoms with E-state index in [1.165, 1.54) is 35.6 Å². The van der Waals surface area contributed by atoms with Crippen molar-refractivity contribution < 1.29 is 14.3 Å².